The standard InChI is InChI=1S/C16H25NO/c1-11(2)18-14-6-7-15(12(3)10-14)17-13(4)16(5)8-9-16/h6-7,10-11,13,17H,8-9H2,1-5H3. The Labute approximate surface area is 111 Å². The highest BCUT2D eigenvalue weighted by molar-refractivity contribution is 5.54. The van der Waals surface area contributed by atoms with Crippen LogP contribution in [0.1, 0.15) is 46.1 Å². The molecule has 1 atom stereocenters. The van der Waals surface area contributed by atoms with E-state index in [2.05, 4.69) is 58.1 Å². The summed E-state index contributed by atoms with van der Waals surface area (Å²) in [5, 5.41) is 3.64. The molecule has 1 unspecified atom stereocenters. The molecule has 1 aliphatic carbocycles. The lowest BCUT2D eigenvalue weighted by molar-refractivity contribution is 0.242. The predicted molar refractivity (Wildman–Crippen MR) is 77.4 cm³/mol. The van der Waals surface area contributed by atoms with E-state index in [4.69, 9.17) is 4.74 Å². The molecule has 1 aliphatic rings. The average molecular weight is 247 g/mol. The van der Waals surface area contributed by atoms with E-state index in [9.17, 15) is 0 Å². The fourth-order valence-corrected chi connectivity index (χ4v) is 2.18. The minimum atomic E-state index is 0.229. The van der Waals surface area contributed by atoms with E-state index in [0.717, 1.165) is 5.75 Å². The first-order valence-electron chi connectivity index (χ1n) is 6.94. The van der Waals surface area contributed by atoms with Crippen LogP contribution in [0.4, 0.5) is 5.69 Å². The molecule has 1 N–H and O–H groups in total. The normalized spacial score (nSPS) is 18.6. The molecule has 2 nitrogen and oxygen atoms in total. The number of rotatable bonds is 5. The Kier molecular flexibility index (Phi) is 3.56. The van der Waals surface area contributed by atoms with Crippen molar-refractivity contribution in [3.63, 3.8) is 0 Å². The van der Waals surface area contributed by atoms with Gasteiger partial charge in [0.05, 0.1) is 6.10 Å². The topological polar surface area (TPSA) is 21.3 Å². The molecule has 2 rings (SSSR count). The lowest BCUT2D eigenvalue weighted by Crippen LogP contribution is -2.25. The van der Waals surface area contributed by atoms with Crippen LogP contribution < -0.4 is 10.1 Å². The van der Waals surface area contributed by atoms with E-state index in [-0.39, 0.29) is 6.10 Å². The van der Waals surface area contributed by atoms with Crippen LogP contribution in [0, 0.1) is 12.3 Å². The van der Waals surface area contributed by atoms with Crippen molar-refractivity contribution in [2.45, 2.75) is 59.6 Å². The number of anilines is 1. The van der Waals surface area contributed by atoms with Gasteiger partial charge in [-0.25, -0.2) is 0 Å². The van der Waals surface area contributed by atoms with Crippen molar-refractivity contribution in [2.75, 3.05) is 5.32 Å². The zero-order valence-electron chi connectivity index (χ0n) is 12.2. The van der Waals surface area contributed by atoms with E-state index < -0.39 is 0 Å². The Morgan fingerprint density at radius 2 is 1.89 bits per heavy atom. The molecule has 0 heterocycles. The molecule has 0 amide bonds. The zero-order chi connectivity index (χ0) is 13.3. The van der Waals surface area contributed by atoms with Crippen molar-refractivity contribution in [3.05, 3.63) is 23.8 Å². The number of benzene rings is 1. The second kappa shape index (κ2) is 4.83. The zero-order valence-corrected chi connectivity index (χ0v) is 12.2. The number of nitrogens with one attached hydrogen (secondary N) is 1. The maximum absolute atomic E-state index is 5.71. The SMILES string of the molecule is Cc1cc(OC(C)C)ccc1NC(C)C1(C)CC1. The van der Waals surface area contributed by atoms with Crippen molar-refractivity contribution < 1.29 is 4.74 Å². The first kappa shape index (κ1) is 13.3. The van der Waals surface area contributed by atoms with Gasteiger partial charge in [0.15, 0.2) is 0 Å². The summed E-state index contributed by atoms with van der Waals surface area (Å²) in [6.45, 7) is 10.9. The Hall–Kier alpha value is -1.18. The third-order valence-electron chi connectivity index (χ3n) is 4.03. The summed E-state index contributed by atoms with van der Waals surface area (Å²) in [4.78, 5) is 0. The van der Waals surface area contributed by atoms with Crippen molar-refractivity contribution in [1.82, 2.24) is 0 Å². The minimum absolute atomic E-state index is 0.229. The Bertz CT molecular complexity index is 421. The third-order valence-corrected chi connectivity index (χ3v) is 4.03. The van der Waals surface area contributed by atoms with E-state index >= 15 is 0 Å². The van der Waals surface area contributed by atoms with Gasteiger partial charge in [0.2, 0.25) is 0 Å². The van der Waals surface area contributed by atoms with Gasteiger partial charge in [-0.3, -0.25) is 0 Å². The van der Waals surface area contributed by atoms with E-state index in [1.165, 1.54) is 24.1 Å². The van der Waals surface area contributed by atoms with Gasteiger partial charge in [-0.1, -0.05) is 6.92 Å². The van der Waals surface area contributed by atoms with Gasteiger partial charge in [-0.2, -0.15) is 0 Å². The lowest BCUT2D eigenvalue weighted by Gasteiger charge is -2.23. The lowest BCUT2D eigenvalue weighted by atomic mass is 10.00. The minimum Gasteiger partial charge on any atom is -0.491 e. The monoisotopic (exact) mass is 247 g/mol. The Morgan fingerprint density at radius 1 is 1.22 bits per heavy atom. The summed E-state index contributed by atoms with van der Waals surface area (Å²) in [6.07, 6.45) is 2.91. The molecule has 1 aromatic carbocycles. The fourth-order valence-electron chi connectivity index (χ4n) is 2.18. The molecule has 18 heavy (non-hydrogen) atoms. The molecule has 1 aromatic rings. The van der Waals surface area contributed by atoms with Gasteiger partial charge in [0, 0.05) is 11.7 Å². The Morgan fingerprint density at radius 3 is 2.39 bits per heavy atom. The molecule has 100 valence electrons. The quantitative estimate of drug-likeness (QED) is 0.833. The molecule has 2 heteroatoms. The molecule has 1 saturated carbocycles. The smallest absolute Gasteiger partial charge is 0.120 e. The van der Waals surface area contributed by atoms with Crippen molar-refractivity contribution in [1.29, 1.82) is 0 Å². The van der Waals surface area contributed by atoms with Crippen LogP contribution in [0.15, 0.2) is 18.2 Å². The summed E-state index contributed by atoms with van der Waals surface area (Å²) in [7, 11) is 0. The van der Waals surface area contributed by atoms with Crippen LogP contribution >= 0.6 is 0 Å². The van der Waals surface area contributed by atoms with Crippen molar-refractivity contribution in [2.24, 2.45) is 5.41 Å². The van der Waals surface area contributed by atoms with Gasteiger partial charge in [-0.15, -0.1) is 0 Å². The molecule has 0 aromatic heterocycles. The van der Waals surface area contributed by atoms with Crippen molar-refractivity contribution >= 4 is 5.69 Å². The second-order valence-electron chi connectivity index (χ2n) is 6.16. The largest absolute Gasteiger partial charge is 0.491 e. The van der Waals surface area contributed by atoms with Gasteiger partial charge < -0.3 is 10.1 Å². The maximum atomic E-state index is 5.71. The van der Waals surface area contributed by atoms with Crippen LogP contribution in [0.5, 0.6) is 5.75 Å². The number of hydrogen-bond donors (Lipinski definition) is 1. The molecular weight excluding hydrogens is 222 g/mol. The van der Waals surface area contributed by atoms with Crippen LogP contribution in [-0.4, -0.2) is 12.1 Å². The summed E-state index contributed by atoms with van der Waals surface area (Å²) in [5.74, 6) is 0.957. The van der Waals surface area contributed by atoms with Gasteiger partial charge in [-0.05, 0) is 69.7 Å². The van der Waals surface area contributed by atoms with E-state index in [1.807, 2.05) is 0 Å². The third kappa shape index (κ3) is 2.98. The fraction of sp³-hybridized carbons (Fsp3) is 0.625. The average Bonchev–Trinajstić information content (AvgIpc) is 3.01. The summed E-state index contributed by atoms with van der Waals surface area (Å²) in [5.41, 5.74) is 2.98. The van der Waals surface area contributed by atoms with Crippen LogP contribution in [0.2, 0.25) is 0 Å². The van der Waals surface area contributed by atoms with Crippen LogP contribution in [0.25, 0.3) is 0 Å². The van der Waals surface area contributed by atoms with E-state index in [1.54, 1.807) is 0 Å². The highest BCUT2D eigenvalue weighted by Crippen LogP contribution is 2.49. The Balaban J connectivity index is 2.05. The summed E-state index contributed by atoms with van der Waals surface area (Å²) in [6, 6.07) is 6.84. The molecule has 1 fully saturated rings. The number of hydrogen-bond acceptors (Lipinski definition) is 2. The first-order chi connectivity index (χ1) is 8.40. The molecular formula is C16H25NO. The highest BCUT2D eigenvalue weighted by atomic mass is 16.5. The second-order valence-corrected chi connectivity index (χ2v) is 6.16. The molecule has 0 aliphatic heterocycles. The van der Waals surface area contributed by atoms with Crippen molar-refractivity contribution in [3.8, 4) is 5.75 Å². The predicted octanol–water partition coefficient (Wildman–Crippen LogP) is 4.38. The summed E-state index contributed by atoms with van der Waals surface area (Å²) < 4.78 is 5.71. The summed E-state index contributed by atoms with van der Waals surface area (Å²) >= 11 is 0. The molecule has 0 radical (unpaired) electrons. The number of ether oxygens (including phenoxy) is 1. The first-order valence-corrected chi connectivity index (χ1v) is 6.94. The van der Waals surface area contributed by atoms with Gasteiger partial charge >= 0.3 is 0 Å². The molecule has 0 spiro atoms. The molecule has 0 saturated heterocycles. The highest BCUT2D eigenvalue weighted by Gasteiger charge is 2.42. The van der Waals surface area contributed by atoms with Gasteiger partial charge in [0.25, 0.3) is 0 Å². The van der Waals surface area contributed by atoms with E-state index in [0.29, 0.717) is 11.5 Å². The molecule has 0 bridgehead atoms. The maximum Gasteiger partial charge on any atom is 0.120 e. The van der Waals surface area contributed by atoms with Crippen LogP contribution in [-0.2, 0) is 0 Å². The van der Waals surface area contributed by atoms with Crippen LogP contribution in [0.3, 0.4) is 0 Å². The number of aryl methyl sites for hydroxylation is 1. The van der Waals surface area contributed by atoms with Gasteiger partial charge in [0.1, 0.15) is 5.75 Å².